The average Bonchev–Trinajstić information content (AvgIpc) is 2.49. The van der Waals surface area contributed by atoms with Crippen molar-refractivity contribution >= 4 is 40.3 Å². The van der Waals surface area contributed by atoms with Crippen molar-refractivity contribution in [1.29, 1.82) is 0 Å². The summed E-state index contributed by atoms with van der Waals surface area (Å²) in [4.78, 5) is 0. The number of halogens is 4. The van der Waals surface area contributed by atoms with Gasteiger partial charge in [-0.25, -0.2) is 0 Å². The number of rotatable bonds is 3. The number of ether oxygens (including phenoxy) is 1. The summed E-state index contributed by atoms with van der Waals surface area (Å²) in [5.74, 6) is 0.659. The van der Waals surface area contributed by atoms with Crippen molar-refractivity contribution in [2.45, 2.75) is 6.18 Å². The van der Waals surface area contributed by atoms with Gasteiger partial charge in [0, 0.05) is 10.7 Å². The molecule has 0 unspecified atom stereocenters. The van der Waals surface area contributed by atoms with Crippen LogP contribution in [0.15, 0.2) is 42.5 Å². The second-order valence-corrected chi connectivity index (χ2v) is 5.34. The molecule has 0 atom stereocenters. The predicted octanol–water partition coefficient (Wildman–Crippen LogP) is 5.18. The molecular weight excluding hydrogens is 349 g/mol. The first-order valence-electron chi connectivity index (χ1n) is 6.38. The van der Waals surface area contributed by atoms with Gasteiger partial charge in [0.05, 0.1) is 18.4 Å². The standard InChI is InChI=1S/C15H12ClF3N2OS/c1-22-11-5-3-10(4-6-11)20-14(23)21-13-7-2-9(16)8-12(13)15(17,18)19/h2-8H,1H3,(H2,20,21,23). The Labute approximate surface area is 141 Å². The molecule has 23 heavy (non-hydrogen) atoms. The van der Waals surface area contributed by atoms with Crippen LogP contribution >= 0.6 is 23.8 Å². The van der Waals surface area contributed by atoms with Gasteiger partial charge in [0.1, 0.15) is 5.75 Å². The molecule has 122 valence electrons. The molecule has 2 aromatic carbocycles. The van der Waals surface area contributed by atoms with E-state index in [0.717, 1.165) is 6.07 Å². The molecule has 8 heteroatoms. The summed E-state index contributed by atoms with van der Waals surface area (Å²) >= 11 is 10.7. The Hall–Kier alpha value is -1.99. The van der Waals surface area contributed by atoms with E-state index in [-0.39, 0.29) is 15.8 Å². The Balaban J connectivity index is 2.13. The predicted molar refractivity (Wildman–Crippen MR) is 89.3 cm³/mol. The van der Waals surface area contributed by atoms with Crippen molar-refractivity contribution in [2.75, 3.05) is 17.7 Å². The maximum absolute atomic E-state index is 13.0. The number of hydrogen-bond acceptors (Lipinski definition) is 2. The second-order valence-electron chi connectivity index (χ2n) is 4.50. The van der Waals surface area contributed by atoms with Gasteiger partial charge in [-0.1, -0.05) is 11.6 Å². The van der Waals surface area contributed by atoms with Crippen molar-refractivity contribution in [2.24, 2.45) is 0 Å². The highest BCUT2D eigenvalue weighted by Crippen LogP contribution is 2.36. The Morgan fingerprint density at radius 2 is 1.74 bits per heavy atom. The summed E-state index contributed by atoms with van der Waals surface area (Å²) in [6, 6.07) is 10.2. The number of alkyl halides is 3. The molecule has 0 fully saturated rings. The van der Waals surface area contributed by atoms with Crippen LogP contribution < -0.4 is 15.4 Å². The summed E-state index contributed by atoms with van der Waals surface area (Å²) in [5, 5.41) is 5.36. The lowest BCUT2D eigenvalue weighted by Crippen LogP contribution is -2.21. The van der Waals surface area contributed by atoms with Crippen molar-refractivity contribution in [3.8, 4) is 5.75 Å². The minimum atomic E-state index is -4.54. The highest BCUT2D eigenvalue weighted by molar-refractivity contribution is 7.80. The first kappa shape index (κ1) is 17.4. The quantitative estimate of drug-likeness (QED) is 0.739. The zero-order valence-electron chi connectivity index (χ0n) is 11.9. The fourth-order valence-electron chi connectivity index (χ4n) is 1.82. The molecule has 0 amide bonds. The summed E-state index contributed by atoms with van der Waals surface area (Å²) in [7, 11) is 1.54. The monoisotopic (exact) mass is 360 g/mol. The molecule has 3 nitrogen and oxygen atoms in total. The van der Waals surface area contributed by atoms with Crippen molar-refractivity contribution < 1.29 is 17.9 Å². The van der Waals surface area contributed by atoms with E-state index in [9.17, 15) is 13.2 Å². The zero-order valence-corrected chi connectivity index (χ0v) is 13.4. The third-order valence-corrected chi connectivity index (χ3v) is 3.32. The van der Waals surface area contributed by atoms with Crippen molar-refractivity contribution in [3.05, 3.63) is 53.1 Å². The van der Waals surface area contributed by atoms with E-state index in [1.165, 1.54) is 19.2 Å². The molecule has 0 heterocycles. The van der Waals surface area contributed by atoms with Crippen LogP contribution in [0.4, 0.5) is 24.5 Å². The first-order chi connectivity index (χ1) is 10.8. The van der Waals surface area contributed by atoms with Crippen molar-refractivity contribution in [3.63, 3.8) is 0 Å². The number of anilines is 2. The van der Waals surface area contributed by atoms with Crippen LogP contribution in [0.2, 0.25) is 5.02 Å². The van der Waals surface area contributed by atoms with Gasteiger partial charge in [-0.05, 0) is 54.7 Å². The molecule has 0 radical (unpaired) electrons. The van der Waals surface area contributed by atoms with Crippen LogP contribution in [0.3, 0.4) is 0 Å². The minimum absolute atomic E-state index is 0.00286. The van der Waals surface area contributed by atoms with E-state index in [2.05, 4.69) is 10.6 Å². The molecule has 2 aromatic rings. The Bertz CT molecular complexity index is 705. The highest BCUT2D eigenvalue weighted by Gasteiger charge is 2.34. The van der Waals surface area contributed by atoms with Gasteiger partial charge in [-0.2, -0.15) is 13.2 Å². The molecule has 0 aromatic heterocycles. The normalized spacial score (nSPS) is 11.0. The van der Waals surface area contributed by atoms with Gasteiger partial charge < -0.3 is 15.4 Å². The van der Waals surface area contributed by atoms with Crippen molar-refractivity contribution in [1.82, 2.24) is 0 Å². The fourth-order valence-corrected chi connectivity index (χ4v) is 2.22. The van der Waals surface area contributed by atoms with Crippen LogP contribution in [0.5, 0.6) is 5.75 Å². The van der Waals surface area contributed by atoms with Gasteiger partial charge in [0.2, 0.25) is 0 Å². The molecule has 0 saturated carbocycles. The van der Waals surface area contributed by atoms with Gasteiger partial charge in [-0.3, -0.25) is 0 Å². The average molecular weight is 361 g/mol. The van der Waals surface area contributed by atoms with E-state index < -0.39 is 11.7 Å². The summed E-state index contributed by atoms with van der Waals surface area (Å²) in [6.45, 7) is 0. The first-order valence-corrected chi connectivity index (χ1v) is 7.17. The molecular formula is C15H12ClF3N2OS. The maximum Gasteiger partial charge on any atom is 0.418 e. The minimum Gasteiger partial charge on any atom is -0.497 e. The Kier molecular flexibility index (Phi) is 5.33. The molecule has 0 aliphatic rings. The van der Waals surface area contributed by atoms with Gasteiger partial charge in [-0.15, -0.1) is 0 Å². The third kappa shape index (κ3) is 4.74. The SMILES string of the molecule is COc1ccc(NC(=S)Nc2ccc(Cl)cc2C(F)(F)F)cc1. The molecule has 0 spiro atoms. The number of benzene rings is 2. The number of nitrogens with one attached hydrogen (secondary N) is 2. The molecule has 0 bridgehead atoms. The smallest absolute Gasteiger partial charge is 0.418 e. The largest absolute Gasteiger partial charge is 0.497 e. The summed E-state index contributed by atoms with van der Waals surface area (Å²) in [5.41, 5.74) is -0.442. The van der Waals surface area contributed by atoms with Crippen LogP contribution in [0.1, 0.15) is 5.56 Å². The molecule has 2 N–H and O–H groups in total. The number of hydrogen-bond donors (Lipinski definition) is 2. The van der Waals surface area contributed by atoms with Gasteiger partial charge in [0.15, 0.2) is 5.11 Å². The Morgan fingerprint density at radius 3 is 2.30 bits per heavy atom. The topological polar surface area (TPSA) is 33.3 Å². The van der Waals surface area contributed by atoms with E-state index in [1.54, 1.807) is 24.3 Å². The van der Waals surface area contributed by atoms with Crippen LogP contribution in [-0.2, 0) is 6.18 Å². The molecule has 2 rings (SSSR count). The third-order valence-electron chi connectivity index (χ3n) is 2.88. The fraction of sp³-hybridized carbons (Fsp3) is 0.133. The number of thiocarbonyl (C=S) groups is 1. The Morgan fingerprint density at radius 1 is 1.09 bits per heavy atom. The number of methoxy groups -OCH3 is 1. The summed E-state index contributed by atoms with van der Waals surface area (Å²) in [6.07, 6.45) is -4.54. The second kappa shape index (κ2) is 7.06. The lowest BCUT2D eigenvalue weighted by molar-refractivity contribution is -0.136. The van der Waals surface area contributed by atoms with Gasteiger partial charge >= 0.3 is 6.18 Å². The van der Waals surface area contributed by atoms with Crippen LogP contribution in [0.25, 0.3) is 0 Å². The maximum atomic E-state index is 13.0. The van der Waals surface area contributed by atoms with Crippen LogP contribution in [0, 0.1) is 0 Å². The van der Waals surface area contributed by atoms with Gasteiger partial charge in [0.25, 0.3) is 0 Å². The van der Waals surface area contributed by atoms with E-state index >= 15 is 0 Å². The lowest BCUT2D eigenvalue weighted by Gasteiger charge is -2.16. The van der Waals surface area contributed by atoms with E-state index in [1.807, 2.05) is 0 Å². The molecule has 0 aliphatic heterocycles. The lowest BCUT2D eigenvalue weighted by atomic mass is 10.1. The van der Waals surface area contributed by atoms with E-state index in [0.29, 0.717) is 11.4 Å². The van der Waals surface area contributed by atoms with Crippen LogP contribution in [-0.4, -0.2) is 12.2 Å². The molecule has 0 saturated heterocycles. The summed E-state index contributed by atoms with van der Waals surface area (Å²) < 4.78 is 44.1. The van der Waals surface area contributed by atoms with E-state index in [4.69, 9.17) is 28.6 Å². The molecule has 0 aliphatic carbocycles. The zero-order chi connectivity index (χ0) is 17.0. The highest BCUT2D eigenvalue weighted by atomic mass is 35.5.